The van der Waals surface area contributed by atoms with Crippen molar-refractivity contribution < 1.29 is 0 Å². The highest BCUT2D eigenvalue weighted by atomic mass is 15.2. The fourth-order valence-electron chi connectivity index (χ4n) is 12.8. The number of benzene rings is 11. The quantitative estimate of drug-likeness (QED) is 0.140. The lowest BCUT2D eigenvalue weighted by molar-refractivity contribution is 0.590. The second-order valence-corrected chi connectivity index (χ2v) is 25.8. The van der Waals surface area contributed by atoms with Crippen LogP contribution in [-0.2, 0) is 16.2 Å². The molecule has 11 aromatic rings. The fourth-order valence-corrected chi connectivity index (χ4v) is 12.8. The first kappa shape index (κ1) is 52.5. The lowest BCUT2D eigenvalue weighted by Crippen LogP contribution is -2.61. The zero-order valence-electron chi connectivity index (χ0n) is 49.1. The van der Waals surface area contributed by atoms with Gasteiger partial charge in [-0.05, 0) is 155 Å². The Balaban J connectivity index is 1.25. The van der Waals surface area contributed by atoms with Gasteiger partial charge in [0.25, 0.3) is 6.71 Å². The Bertz CT molecular complexity index is 4060. The highest BCUT2D eigenvalue weighted by Crippen LogP contribution is 2.55. The minimum absolute atomic E-state index is 0.138. The normalized spacial score (nSPS) is 12.9. The van der Waals surface area contributed by atoms with E-state index in [1.807, 2.05) is 0 Å². The van der Waals surface area contributed by atoms with Crippen LogP contribution in [0.15, 0.2) is 249 Å². The van der Waals surface area contributed by atoms with E-state index in [0.29, 0.717) is 0 Å². The van der Waals surface area contributed by atoms with Gasteiger partial charge in [0.1, 0.15) is 0 Å². The molecule has 2 aliphatic heterocycles. The Hall–Kier alpha value is -8.92. The summed E-state index contributed by atoms with van der Waals surface area (Å²) >= 11 is 0. The molecule has 0 bridgehead atoms. The molecule has 0 N–H and O–H groups in total. The monoisotopic (exact) mass is 1060 g/mol. The van der Waals surface area contributed by atoms with E-state index in [1.54, 1.807) is 0 Å². The molecule has 13 rings (SSSR count). The van der Waals surface area contributed by atoms with E-state index in [0.717, 1.165) is 0 Å². The van der Waals surface area contributed by atoms with Crippen LogP contribution in [0.25, 0.3) is 66.8 Å². The van der Waals surface area contributed by atoms with Crippen LogP contribution in [0.3, 0.4) is 0 Å². The van der Waals surface area contributed by atoms with E-state index < -0.39 is 0 Å². The zero-order chi connectivity index (χ0) is 56.7. The van der Waals surface area contributed by atoms with Crippen molar-refractivity contribution in [1.82, 2.24) is 0 Å². The molecule has 0 saturated carbocycles. The van der Waals surface area contributed by atoms with Gasteiger partial charge in [0, 0.05) is 45.0 Å². The largest absolute Gasteiger partial charge is 0.310 e. The van der Waals surface area contributed by atoms with Crippen molar-refractivity contribution in [2.75, 3.05) is 9.80 Å². The topological polar surface area (TPSA) is 6.48 Å². The Labute approximate surface area is 487 Å². The molecule has 0 unspecified atom stereocenters. The molecule has 2 nitrogen and oxygen atoms in total. The van der Waals surface area contributed by atoms with Gasteiger partial charge in [-0.3, -0.25) is 0 Å². The summed E-state index contributed by atoms with van der Waals surface area (Å²) in [5.74, 6) is 0. The molecule has 0 aliphatic carbocycles. The van der Waals surface area contributed by atoms with Gasteiger partial charge in [-0.1, -0.05) is 263 Å². The minimum atomic E-state index is -0.246. The minimum Gasteiger partial charge on any atom is -0.310 e. The van der Waals surface area contributed by atoms with Gasteiger partial charge in [-0.2, -0.15) is 0 Å². The maximum atomic E-state index is 2.71. The third kappa shape index (κ3) is 9.27. The number of hydrogen-bond donors (Lipinski definition) is 0. The SMILES string of the molecule is Cc1cc2c(cc1-c1ccccc1)B1c3cc(-c4ccccc4)ccc3N(c3c(-c4ccccc4)cc(C(C)(C)C)cc3-c3ccccc3)c3cc(C(C)(C)C)cc(c31)N2c1c(-c2ccccc2)cc(C(C)(C)C)cc1-c1ccccc1. The van der Waals surface area contributed by atoms with Crippen LogP contribution in [0, 0.1) is 6.92 Å². The Kier molecular flexibility index (Phi) is 13.0. The first-order valence-corrected chi connectivity index (χ1v) is 29.3. The van der Waals surface area contributed by atoms with Crippen LogP contribution in [0.4, 0.5) is 34.1 Å². The molecule has 400 valence electrons. The van der Waals surface area contributed by atoms with Crippen LogP contribution < -0.4 is 26.2 Å². The predicted octanol–water partition coefficient (Wildman–Crippen LogP) is 20.0. The van der Waals surface area contributed by atoms with E-state index in [1.165, 1.54) is 140 Å². The first-order chi connectivity index (χ1) is 39.5. The third-order valence-electron chi connectivity index (χ3n) is 17.2. The van der Waals surface area contributed by atoms with Gasteiger partial charge in [-0.15, -0.1) is 0 Å². The summed E-state index contributed by atoms with van der Waals surface area (Å²) in [5, 5.41) is 0. The first-order valence-electron chi connectivity index (χ1n) is 29.3. The molecule has 0 atom stereocenters. The van der Waals surface area contributed by atoms with Crippen molar-refractivity contribution >= 4 is 57.2 Å². The highest BCUT2D eigenvalue weighted by Gasteiger charge is 2.46. The average molecular weight is 1060 g/mol. The standard InChI is InChI=1S/C79H71BN2/c1-52-43-71-69(51-63(52)54-31-19-12-20-32-54)80-68-44-59(53-29-17-11-18-30-53)41-42-70(68)81(75-64(55-33-21-13-22-34-55)45-60(77(2,3)4)46-65(75)56-35-23-14-24-36-56)72-49-62(79(8,9)10)50-73(74(72)80)82(71)76-66(57-37-25-15-26-38-57)47-61(78(5,6)7)48-67(76)58-39-27-16-28-40-58/h11-51H,1-10H3. The average Bonchev–Trinajstić information content (AvgIpc) is 2.20. The summed E-state index contributed by atoms with van der Waals surface area (Å²) in [6, 6.07) is 94.1. The Morgan fingerprint density at radius 2 is 0.585 bits per heavy atom. The van der Waals surface area contributed by atoms with E-state index in [4.69, 9.17) is 0 Å². The number of hydrogen-bond acceptors (Lipinski definition) is 2. The molecule has 0 spiro atoms. The van der Waals surface area contributed by atoms with Crippen molar-refractivity contribution in [2.45, 2.75) is 85.5 Å². The molecule has 2 aliphatic rings. The highest BCUT2D eigenvalue weighted by molar-refractivity contribution is 7.00. The number of anilines is 6. The van der Waals surface area contributed by atoms with E-state index in [9.17, 15) is 0 Å². The Morgan fingerprint density at radius 3 is 0.951 bits per heavy atom. The van der Waals surface area contributed by atoms with E-state index in [2.05, 4.69) is 328 Å². The fraction of sp³-hybridized carbons (Fsp3) is 0.165. The molecule has 0 saturated heterocycles. The lowest BCUT2D eigenvalue weighted by Gasteiger charge is -2.47. The predicted molar refractivity (Wildman–Crippen MR) is 354 cm³/mol. The summed E-state index contributed by atoms with van der Waals surface area (Å²) in [5.41, 5.74) is 29.9. The number of aryl methyl sites for hydroxylation is 1. The van der Waals surface area contributed by atoms with Crippen LogP contribution in [-0.4, -0.2) is 6.71 Å². The van der Waals surface area contributed by atoms with Crippen LogP contribution >= 0.6 is 0 Å². The second kappa shape index (κ2) is 20.3. The number of nitrogens with zero attached hydrogens (tertiary/aromatic N) is 2. The number of rotatable bonds is 8. The molecule has 0 aromatic heterocycles. The molecule has 3 heteroatoms. The van der Waals surface area contributed by atoms with Gasteiger partial charge in [0.15, 0.2) is 0 Å². The maximum absolute atomic E-state index is 2.71. The number of fused-ring (bicyclic) bond motifs is 4. The van der Waals surface area contributed by atoms with Crippen molar-refractivity contribution in [3.05, 3.63) is 271 Å². The van der Waals surface area contributed by atoms with Crippen molar-refractivity contribution in [1.29, 1.82) is 0 Å². The van der Waals surface area contributed by atoms with Gasteiger partial charge < -0.3 is 9.80 Å². The van der Waals surface area contributed by atoms with Gasteiger partial charge in [-0.25, -0.2) is 0 Å². The van der Waals surface area contributed by atoms with Crippen LogP contribution in [0.5, 0.6) is 0 Å². The molecule has 11 aromatic carbocycles. The van der Waals surface area contributed by atoms with Gasteiger partial charge >= 0.3 is 0 Å². The summed E-state index contributed by atoms with van der Waals surface area (Å²) in [6.45, 7) is 23.4. The summed E-state index contributed by atoms with van der Waals surface area (Å²) in [6.07, 6.45) is 0. The van der Waals surface area contributed by atoms with Crippen LogP contribution in [0.2, 0.25) is 0 Å². The van der Waals surface area contributed by atoms with Crippen molar-refractivity contribution in [3.8, 4) is 66.8 Å². The van der Waals surface area contributed by atoms with Crippen molar-refractivity contribution in [2.24, 2.45) is 0 Å². The van der Waals surface area contributed by atoms with E-state index in [-0.39, 0.29) is 23.0 Å². The summed E-state index contributed by atoms with van der Waals surface area (Å²) in [4.78, 5) is 5.40. The zero-order valence-corrected chi connectivity index (χ0v) is 49.1. The van der Waals surface area contributed by atoms with Crippen LogP contribution in [0.1, 0.15) is 84.6 Å². The Morgan fingerprint density at radius 1 is 0.268 bits per heavy atom. The molecular formula is C79H71BN2. The second-order valence-electron chi connectivity index (χ2n) is 25.8. The molecule has 82 heavy (non-hydrogen) atoms. The molecule has 0 fully saturated rings. The van der Waals surface area contributed by atoms with Gasteiger partial charge in [0.2, 0.25) is 0 Å². The summed E-state index contributed by atoms with van der Waals surface area (Å²) in [7, 11) is 0. The molecular weight excluding hydrogens is 988 g/mol. The molecule has 0 radical (unpaired) electrons. The smallest absolute Gasteiger partial charge is 0.252 e. The molecule has 0 amide bonds. The molecule has 2 heterocycles. The summed E-state index contributed by atoms with van der Waals surface area (Å²) < 4.78 is 0. The lowest BCUT2D eigenvalue weighted by atomic mass is 9.33. The van der Waals surface area contributed by atoms with Crippen molar-refractivity contribution in [3.63, 3.8) is 0 Å². The maximum Gasteiger partial charge on any atom is 0.252 e. The van der Waals surface area contributed by atoms with Gasteiger partial charge in [0.05, 0.1) is 11.4 Å². The third-order valence-corrected chi connectivity index (χ3v) is 17.2. The van der Waals surface area contributed by atoms with E-state index >= 15 is 0 Å².